The number of nitrogen functional groups attached to an aromatic ring is 1. The highest BCUT2D eigenvalue weighted by molar-refractivity contribution is 5.61. The Morgan fingerprint density at radius 3 is 2.93 bits per heavy atom. The molecule has 3 heteroatoms. The molecule has 1 aliphatic carbocycles. The predicted octanol–water partition coefficient (Wildman–Crippen LogP) is 2.66. The smallest absolute Gasteiger partial charge is 0.146 e. The maximum absolute atomic E-state index is 5.77. The van der Waals surface area contributed by atoms with Crippen molar-refractivity contribution < 1.29 is 0 Å². The monoisotopic (exact) mass is 205 g/mol. The molecular formula is C12H19N3. The standard InChI is InChI=1S/C12H19N3/c1-2-5-12(6-7-12)9-15-10-4-3-8-14-11(10)13/h3-4,8,15H,2,5-7,9H2,1H3,(H2,13,14). The molecule has 1 heterocycles. The topological polar surface area (TPSA) is 50.9 Å². The molecular weight excluding hydrogens is 186 g/mol. The van der Waals surface area contributed by atoms with E-state index in [4.69, 9.17) is 5.73 Å². The van der Waals surface area contributed by atoms with Gasteiger partial charge in [-0.25, -0.2) is 4.98 Å². The molecule has 2 rings (SSSR count). The Morgan fingerprint density at radius 2 is 2.33 bits per heavy atom. The van der Waals surface area contributed by atoms with E-state index in [9.17, 15) is 0 Å². The van der Waals surface area contributed by atoms with E-state index in [2.05, 4.69) is 17.2 Å². The maximum atomic E-state index is 5.77. The molecule has 0 radical (unpaired) electrons. The molecule has 0 aliphatic heterocycles. The Morgan fingerprint density at radius 1 is 1.53 bits per heavy atom. The minimum absolute atomic E-state index is 0.553. The Hall–Kier alpha value is -1.25. The van der Waals surface area contributed by atoms with Crippen molar-refractivity contribution in [2.45, 2.75) is 32.6 Å². The van der Waals surface area contributed by atoms with Crippen LogP contribution in [0.4, 0.5) is 11.5 Å². The van der Waals surface area contributed by atoms with Crippen LogP contribution in [0.3, 0.4) is 0 Å². The molecule has 0 aromatic carbocycles. The summed E-state index contributed by atoms with van der Waals surface area (Å²) in [6.45, 7) is 3.29. The van der Waals surface area contributed by atoms with Gasteiger partial charge in [0.2, 0.25) is 0 Å². The summed E-state index contributed by atoms with van der Waals surface area (Å²) in [6, 6.07) is 3.91. The minimum Gasteiger partial charge on any atom is -0.382 e. The van der Waals surface area contributed by atoms with Gasteiger partial charge in [0.25, 0.3) is 0 Å². The lowest BCUT2D eigenvalue weighted by molar-refractivity contribution is 0.486. The average Bonchev–Trinajstić information content (AvgIpc) is 2.98. The Balaban J connectivity index is 1.91. The molecule has 0 unspecified atom stereocenters. The van der Waals surface area contributed by atoms with E-state index < -0.39 is 0 Å². The first kappa shape index (κ1) is 10.3. The third kappa shape index (κ3) is 2.41. The number of hydrogen-bond donors (Lipinski definition) is 2. The van der Waals surface area contributed by atoms with Gasteiger partial charge in [-0.1, -0.05) is 13.3 Å². The van der Waals surface area contributed by atoms with Crippen molar-refractivity contribution in [2.75, 3.05) is 17.6 Å². The fraction of sp³-hybridized carbons (Fsp3) is 0.583. The number of nitrogens with two attached hydrogens (primary N) is 1. The summed E-state index contributed by atoms with van der Waals surface area (Å²) in [4.78, 5) is 4.06. The van der Waals surface area contributed by atoms with Gasteiger partial charge in [0, 0.05) is 12.7 Å². The van der Waals surface area contributed by atoms with Crippen LogP contribution in [0.5, 0.6) is 0 Å². The fourth-order valence-electron chi connectivity index (χ4n) is 2.07. The largest absolute Gasteiger partial charge is 0.382 e. The van der Waals surface area contributed by atoms with Crippen LogP contribution >= 0.6 is 0 Å². The van der Waals surface area contributed by atoms with Crippen LogP contribution in [-0.4, -0.2) is 11.5 Å². The second-order valence-electron chi connectivity index (χ2n) is 4.54. The molecule has 0 bridgehead atoms. The van der Waals surface area contributed by atoms with Gasteiger partial charge < -0.3 is 11.1 Å². The predicted molar refractivity (Wildman–Crippen MR) is 63.7 cm³/mol. The molecule has 0 spiro atoms. The zero-order valence-electron chi connectivity index (χ0n) is 9.29. The van der Waals surface area contributed by atoms with Crippen molar-refractivity contribution in [1.29, 1.82) is 0 Å². The number of anilines is 2. The summed E-state index contributed by atoms with van der Waals surface area (Å²) in [5, 5.41) is 3.41. The van der Waals surface area contributed by atoms with E-state index >= 15 is 0 Å². The minimum atomic E-state index is 0.553. The molecule has 1 aliphatic rings. The third-order valence-corrected chi connectivity index (χ3v) is 3.23. The molecule has 3 N–H and O–H groups in total. The lowest BCUT2D eigenvalue weighted by Crippen LogP contribution is -2.16. The molecule has 0 saturated heterocycles. The van der Waals surface area contributed by atoms with Gasteiger partial charge in [0.1, 0.15) is 5.82 Å². The molecule has 1 aromatic rings. The van der Waals surface area contributed by atoms with E-state index in [-0.39, 0.29) is 0 Å². The molecule has 82 valence electrons. The zero-order chi connectivity index (χ0) is 10.7. The van der Waals surface area contributed by atoms with E-state index in [0.717, 1.165) is 12.2 Å². The van der Waals surface area contributed by atoms with Gasteiger partial charge >= 0.3 is 0 Å². The van der Waals surface area contributed by atoms with Crippen molar-refractivity contribution in [3.63, 3.8) is 0 Å². The van der Waals surface area contributed by atoms with Gasteiger partial charge in [0.15, 0.2) is 0 Å². The summed E-state index contributed by atoms with van der Waals surface area (Å²) < 4.78 is 0. The normalized spacial score (nSPS) is 17.4. The van der Waals surface area contributed by atoms with Gasteiger partial charge in [0.05, 0.1) is 5.69 Å². The number of nitrogens with zero attached hydrogens (tertiary/aromatic N) is 1. The Kier molecular flexibility index (Phi) is 2.80. The second-order valence-corrected chi connectivity index (χ2v) is 4.54. The highest BCUT2D eigenvalue weighted by Gasteiger charge is 2.41. The summed E-state index contributed by atoms with van der Waals surface area (Å²) in [5.74, 6) is 0.602. The van der Waals surface area contributed by atoms with E-state index in [0.29, 0.717) is 11.2 Å². The van der Waals surface area contributed by atoms with Gasteiger partial charge in [-0.2, -0.15) is 0 Å². The van der Waals surface area contributed by atoms with E-state index in [1.807, 2.05) is 12.1 Å². The van der Waals surface area contributed by atoms with Crippen molar-refractivity contribution in [2.24, 2.45) is 5.41 Å². The van der Waals surface area contributed by atoms with E-state index in [1.165, 1.54) is 25.7 Å². The van der Waals surface area contributed by atoms with Crippen LogP contribution in [-0.2, 0) is 0 Å². The fourth-order valence-corrected chi connectivity index (χ4v) is 2.07. The number of nitrogens with one attached hydrogen (secondary N) is 1. The maximum Gasteiger partial charge on any atom is 0.146 e. The van der Waals surface area contributed by atoms with Crippen molar-refractivity contribution >= 4 is 11.5 Å². The summed E-state index contributed by atoms with van der Waals surface area (Å²) >= 11 is 0. The molecule has 1 aromatic heterocycles. The van der Waals surface area contributed by atoms with E-state index in [1.54, 1.807) is 6.20 Å². The molecule has 1 fully saturated rings. The Labute approximate surface area is 91.1 Å². The summed E-state index contributed by atoms with van der Waals surface area (Å²) in [6.07, 6.45) is 7.02. The molecule has 0 atom stereocenters. The highest BCUT2D eigenvalue weighted by Crippen LogP contribution is 2.49. The van der Waals surface area contributed by atoms with Crippen LogP contribution in [0.1, 0.15) is 32.6 Å². The van der Waals surface area contributed by atoms with Gasteiger partial charge in [-0.15, -0.1) is 0 Å². The third-order valence-electron chi connectivity index (χ3n) is 3.23. The summed E-state index contributed by atoms with van der Waals surface area (Å²) in [5.41, 5.74) is 7.30. The molecule has 1 saturated carbocycles. The van der Waals surface area contributed by atoms with Crippen LogP contribution in [0.25, 0.3) is 0 Å². The first-order valence-corrected chi connectivity index (χ1v) is 5.70. The SMILES string of the molecule is CCCC1(CNc2cccnc2N)CC1. The van der Waals surface area contributed by atoms with Gasteiger partial charge in [-0.3, -0.25) is 0 Å². The summed E-state index contributed by atoms with van der Waals surface area (Å²) in [7, 11) is 0. The van der Waals surface area contributed by atoms with Crippen LogP contribution in [0.2, 0.25) is 0 Å². The zero-order valence-corrected chi connectivity index (χ0v) is 9.29. The van der Waals surface area contributed by atoms with Crippen LogP contribution in [0, 0.1) is 5.41 Å². The quantitative estimate of drug-likeness (QED) is 0.777. The van der Waals surface area contributed by atoms with Crippen molar-refractivity contribution in [3.05, 3.63) is 18.3 Å². The number of rotatable bonds is 5. The molecule has 0 amide bonds. The number of pyridine rings is 1. The average molecular weight is 205 g/mol. The number of hydrogen-bond acceptors (Lipinski definition) is 3. The molecule has 3 nitrogen and oxygen atoms in total. The first-order valence-electron chi connectivity index (χ1n) is 5.70. The van der Waals surface area contributed by atoms with Crippen LogP contribution in [0.15, 0.2) is 18.3 Å². The highest BCUT2D eigenvalue weighted by atomic mass is 15.0. The van der Waals surface area contributed by atoms with Crippen molar-refractivity contribution in [1.82, 2.24) is 4.98 Å². The first-order chi connectivity index (χ1) is 7.26. The lowest BCUT2D eigenvalue weighted by atomic mass is 10.0. The Bertz CT molecular complexity index is 331. The molecule has 15 heavy (non-hydrogen) atoms. The van der Waals surface area contributed by atoms with Crippen molar-refractivity contribution in [3.8, 4) is 0 Å². The lowest BCUT2D eigenvalue weighted by Gasteiger charge is -2.16. The van der Waals surface area contributed by atoms with Gasteiger partial charge in [-0.05, 0) is 36.8 Å². The second kappa shape index (κ2) is 4.09. The van der Waals surface area contributed by atoms with Crippen LogP contribution < -0.4 is 11.1 Å². The number of aromatic nitrogens is 1.